The van der Waals surface area contributed by atoms with Crippen LogP contribution in [-0.4, -0.2) is 93.2 Å². The van der Waals surface area contributed by atoms with Gasteiger partial charge < -0.3 is 18.9 Å². The molecule has 56 heavy (non-hydrogen) atoms. The molecule has 0 radical (unpaired) electrons. The summed E-state index contributed by atoms with van der Waals surface area (Å²) in [6, 6.07) is 27.5. The van der Waals surface area contributed by atoms with Crippen molar-refractivity contribution in [2.75, 3.05) is 39.6 Å². The van der Waals surface area contributed by atoms with Gasteiger partial charge in [0.05, 0.1) is 23.0 Å². The Morgan fingerprint density at radius 3 is 1.45 bits per heavy atom. The fraction of sp³-hybridized carbons (Fsp3) is 0.359. The van der Waals surface area contributed by atoms with Crippen LogP contribution in [0.1, 0.15) is 36.9 Å². The van der Waals surface area contributed by atoms with Gasteiger partial charge in [0.2, 0.25) is 0 Å². The second-order valence-electron chi connectivity index (χ2n) is 13.0. The molecule has 6 rings (SSSR count). The monoisotopic (exact) mass is 811 g/mol. The number of amides is 2. The summed E-state index contributed by atoms with van der Waals surface area (Å²) >= 11 is 0. The number of carbonyl (C=O) groups excluding carboxylic acids is 2. The zero-order chi connectivity index (χ0) is 40.1. The van der Waals surface area contributed by atoms with Crippen molar-refractivity contribution in [3.05, 3.63) is 115 Å². The molecule has 0 aliphatic carbocycles. The van der Waals surface area contributed by atoms with E-state index in [4.69, 9.17) is 29.4 Å². The number of rotatable bonds is 14. The number of aromatic nitrogens is 1. The molecule has 0 bridgehead atoms. The number of pyridine rings is 1. The lowest BCUT2D eigenvalue weighted by atomic mass is 9.98. The molecule has 15 nitrogen and oxygen atoms in total. The Hall–Kier alpha value is -4.91. The number of ether oxygens (including phenoxy) is 4. The minimum absolute atomic E-state index is 0.00456. The van der Waals surface area contributed by atoms with Crippen LogP contribution in [-0.2, 0) is 51.6 Å². The summed E-state index contributed by atoms with van der Waals surface area (Å²) in [7, 11) is -8.06. The van der Waals surface area contributed by atoms with Crippen LogP contribution in [0.25, 0.3) is 0 Å². The van der Waals surface area contributed by atoms with Crippen LogP contribution < -0.4 is 20.4 Å². The first-order valence-corrected chi connectivity index (χ1v) is 20.9. The van der Waals surface area contributed by atoms with E-state index in [0.717, 1.165) is 17.7 Å². The van der Waals surface area contributed by atoms with Crippen LogP contribution in [0.15, 0.2) is 113 Å². The molecule has 0 atom stereocenters. The van der Waals surface area contributed by atoms with Gasteiger partial charge in [-0.15, -0.1) is 0 Å². The largest absolute Gasteiger partial charge is 0.493 e. The molecule has 2 fully saturated rings. The van der Waals surface area contributed by atoms with Crippen molar-refractivity contribution in [2.45, 2.75) is 57.8 Å². The molecule has 0 spiro atoms. The number of carbonyl (C=O) groups is 2. The fourth-order valence-electron chi connectivity index (χ4n) is 6.47. The number of benzene rings is 3. The van der Waals surface area contributed by atoms with Crippen LogP contribution in [0.5, 0.6) is 11.5 Å². The molecule has 2 aliphatic heterocycles. The number of nitrogens with zero attached hydrogens (tertiary/aromatic N) is 1. The van der Waals surface area contributed by atoms with Crippen LogP contribution in [0, 0.1) is 0 Å². The van der Waals surface area contributed by atoms with Gasteiger partial charge in [0.1, 0.15) is 11.5 Å². The molecule has 2 saturated heterocycles. The molecule has 300 valence electrons. The average molecular weight is 812 g/mol. The normalized spacial score (nSPS) is 16.3. The number of hydrogen-bond acceptors (Lipinski definition) is 13. The molecular weight excluding hydrogens is 767 g/mol. The van der Waals surface area contributed by atoms with Crippen molar-refractivity contribution >= 4 is 31.5 Å². The maximum Gasteiger partial charge on any atom is 0.265 e. The van der Waals surface area contributed by atoms with E-state index >= 15 is 0 Å². The predicted octanol–water partition coefficient (Wildman–Crippen LogP) is 3.67. The standard InChI is InChI=1S/C20H23NO6S.C19H22N2O6S/c22-19(21-23)20(11-14-26-15-12-20)28(24,25)18-8-6-17(7-9-18)27-13-10-16-4-2-1-3-5-16;22-18(21-23)19(9-13-26-14-10-19)28(24,25)17-6-4-16(5-7-17)27-12-8-15-3-1-2-11-20-15/h1-9,23H,10-15H2,(H,21,22);1-7,11,23H,8-10,12-14H2,(H,21,22). The van der Waals surface area contributed by atoms with E-state index in [1.807, 2.05) is 48.5 Å². The minimum Gasteiger partial charge on any atom is -0.493 e. The summed E-state index contributed by atoms with van der Waals surface area (Å²) < 4.78 is 70.8. The third kappa shape index (κ3) is 9.54. The van der Waals surface area contributed by atoms with Crippen molar-refractivity contribution in [3.63, 3.8) is 0 Å². The van der Waals surface area contributed by atoms with Crippen molar-refractivity contribution in [2.24, 2.45) is 0 Å². The lowest BCUT2D eigenvalue weighted by Gasteiger charge is -2.34. The Kier molecular flexibility index (Phi) is 14.6. The quantitative estimate of drug-likeness (QED) is 0.106. The molecule has 4 aromatic rings. The Labute approximate surface area is 325 Å². The molecule has 3 aromatic carbocycles. The second kappa shape index (κ2) is 19.3. The number of hydrogen-bond donors (Lipinski definition) is 4. The minimum atomic E-state index is -4.03. The first-order valence-electron chi connectivity index (χ1n) is 17.9. The third-order valence-corrected chi connectivity index (χ3v) is 14.8. The summed E-state index contributed by atoms with van der Waals surface area (Å²) in [4.78, 5) is 28.7. The Bertz CT molecular complexity index is 1940. The topological polar surface area (TPSA) is 217 Å². The average Bonchev–Trinajstić information content (AvgIpc) is 3.25. The van der Waals surface area contributed by atoms with Gasteiger partial charge >= 0.3 is 0 Å². The Balaban J connectivity index is 0.000000214. The highest BCUT2D eigenvalue weighted by atomic mass is 32.2. The van der Waals surface area contributed by atoms with Gasteiger partial charge in [0.25, 0.3) is 11.8 Å². The van der Waals surface area contributed by atoms with Gasteiger partial charge in [-0.2, -0.15) is 0 Å². The third-order valence-electron chi connectivity index (χ3n) is 9.78. The van der Waals surface area contributed by atoms with Crippen molar-refractivity contribution in [3.8, 4) is 11.5 Å². The Morgan fingerprint density at radius 1 is 0.607 bits per heavy atom. The molecule has 0 unspecified atom stereocenters. The van der Waals surface area contributed by atoms with E-state index in [-0.39, 0.29) is 61.9 Å². The van der Waals surface area contributed by atoms with Crippen molar-refractivity contribution in [1.82, 2.24) is 15.9 Å². The lowest BCUT2D eigenvalue weighted by Crippen LogP contribution is -2.54. The molecular formula is C39H45N3O12S2. The van der Waals surface area contributed by atoms with E-state index in [1.165, 1.54) is 35.2 Å². The zero-order valence-electron chi connectivity index (χ0n) is 30.5. The zero-order valence-corrected chi connectivity index (χ0v) is 32.2. The van der Waals surface area contributed by atoms with Gasteiger partial charge in [-0.05, 0) is 91.9 Å². The van der Waals surface area contributed by atoms with Crippen molar-refractivity contribution < 1.29 is 55.8 Å². The van der Waals surface area contributed by atoms with E-state index < -0.39 is 41.0 Å². The SMILES string of the molecule is O=C(NO)C1(S(=O)(=O)c2ccc(OCCc3ccccc3)cc2)CCOCC1.O=C(NO)C1(S(=O)(=O)c2ccc(OCCc3ccccn3)cc2)CCOCC1. The van der Waals surface area contributed by atoms with Crippen molar-refractivity contribution in [1.29, 1.82) is 0 Å². The molecule has 17 heteroatoms. The van der Waals surface area contributed by atoms with E-state index in [2.05, 4.69) is 4.98 Å². The summed E-state index contributed by atoms with van der Waals surface area (Å²) in [6.07, 6.45) is 2.99. The number of hydroxylamine groups is 2. The highest BCUT2D eigenvalue weighted by Crippen LogP contribution is 2.37. The van der Waals surface area contributed by atoms with Gasteiger partial charge in [0.15, 0.2) is 29.2 Å². The summed E-state index contributed by atoms with van der Waals surface area (Å²) in [5, 5.41) is 18.1. The van der Waals surface area contributed by atoms with E-state index in [0.29, 0.717) is 31.1 Å². The lowest BCUT2D eigenvalue weighted by molar-refractivity contribution is -0.135. The highest BCUT2D eigenvalue weighted by molar-refractivity contribution is 7.94. The molecule has 2 amide bonds. The van der Waals surface area contributed by atoms with Gasteiger partial charge in [-0.1, -0.05) is 36.4 Å². The summed E-state index contributed by atoms with van der Waals surface area (Å²) in [5.41, 5.74) is 5.06. The van der Waals surface area contributed by atoms with Crippen LogP contribution >= 0.6 is 0 Å². The fourth-order valence-corrected chi connectivity index (χ4v) is 10.4. The first-order chi connectivity index (χ1) is 27.0. The van der Waals surface area contributed by atoms with Crippen LogP contribution in [0.4, 0.5) is 0 Å². The summed E-state index contributed by atoms with van der Waals surface area (Å²) in [6.45, 7) is 1.38. The summed E-state index contributed by atoms with van der Waals surface area (Å²) in [5.74, 6) is -0.810. The smallest absolute Gasteiger partial charge is 0.265 e. The van der Waals surface area contributed by atoms with E-state index in [1.54, 1.807) is 30.5 Å². The molecule has 3 heterocycles. The first kappa shape index (κ1) is 42.2. The molecule has 2 aliphatic rings. The number of nitrogens with one attached hydrogen (secondary N) is 2. The maximum absolute atomic E-state index is 13.2. The highest BCUT2D eigenvalue weighted by Gasteiger charge is 2.53. The van der Waals surface area contributed by atoms with Gasteiger partial charge in [0, 0.05) is 51.2 Å². The molecule has 0 saturated carbocycles. The number of sulfone groups is 2. The van der Waals surface area contributed by atoms with Gasteiger partial charge in [-0.3, -0.25) is 25.0 Å². The molecule has 1 aromatic heterocycles. The van der Waals surface area contributed by atoms with Crippen LogP contribution in [0.2, 0.25) is 0 Å². The van der Waals surface area contributed by atoms with Gasteiger partial charge in [-0.25, -0.2) is 27.8 Å². The second-order valence-corrected chi connectivity index (χ2v) is 17.6. The molecule has 4 N–H and O–H groups in total. The van der Waals surface area contributed by atoms with E-state index in [9.17, 15) is 26.4 Å². The van der Waals surface area contributed by atoms with Crippen LogP contribution in [0.3, 0.4) is 0 Å². The predicted molar refractivity (Wildman–Crippen MR) is 202 cm³/mol. The Morgan fingerprint density at radius 2 is 1.04 bits per heavy atom. The maximum atomic E-state index is 13.2.